The summed E-state index contributed by atoms with van der Waals surface area (Å²) in [6.45, 7) is 7.02. The third-order valence-electron chi connectivity index (χ3n) is 6.64. The maximum Gasteiger partial charge on any atom is 0.311 e. The van der Waals surface area contributed by atoms with Crippen LogP contribution in [0, 0.1) is 16.0 Å². The second-order valence-corrected chi connectivity index (χ2v) is 11.0. The lowest BCUT2D eigenvalue weighted by Crippen LogP contribution is -2.33. The lowest BCUT2D eigenvalue weighted by atomic mass is 9.99. The van der Waals surface area contributed by atoms with Crippen molar-refractivity contribution in [2.24, 2.45) is 5.92 Å². The van der Waals surface area contributed by atoms with E-state index in [4.69, 9.17) is 22.1 Å². The second kappa shape index (κ2) is 13.0. The van der Waals surface area contributed by atoms with E-state index in [1.807, 2.05) is 36.5 Å². The van der Waals surface area contributed by atoms with Crippen molar-refractivity contribution in [1.29, 1.82) is 0 Å². The quantitative estimate of drug-likeness (QED) is 0.0989. The molecule has 1 atom stereocenters. The predicted octanol–water partition coefficient (Wildman–Crippen LogP) is 7.26. The molecular formula is C29H32N4O4S2. The first kappa shape index (κ1) is 28.5. The highest BCUT2D eigenvalue weighted by molar-refractivity contribution is 8.26. The van der Waals surface area contributed by atoms with Gasteiger partial charge < -0.3 is 4.74 Å². The van der Waals surface area contributed by atoms with E-state index >= 15 is 0 Å². The number of aromatic nitrogens is 2. The number of ether oxygens (including phenoxy) is 1. The van der Waals surface area contributed by atoms with Crippen LogP contribution in [0.15, 0.2) is 59.6 Å². The maximum atomic E-state index is 13.4. The van der Waals surface area contributed by atoms with Crippen molar-refractivity contribution in [2.75, 3.05) is 13.2 Å². The highest BCUT2D eigenvalue weighted by Gasteiger charge is 2.33. The molecule has 0 radical (unpaired) electrons. The number of thiocarbonyl (C=S) groups is 1. The molecule has 204 valence electrons. The van der Waals surface area contributed by atoms with Gasteiger partial charge in [0, 0.05) is 29.9 Å². The fourth-order valence-electron chi connectivity index (χ4n) is 4.49. The fraction of sp³-hybridized carbons (Fsp3) is 0.345. The van der Waals surface area contributed by atoms with Crippen LogP contribution < -0.4 is 4.74 Å². The van der Waals surface area contributed by atoms with Gasteiger partial charge in [-0.15, -0.1) is 0 Å². The van der Waals surface area contributed by atoms with Gasteiger partial charge in [0.2, 0.25) is 0 Å². The molecule has 10 heteroatoms. The maximum absolute atomic E-state index is 13.4. The van der Waals surface area contributed by atoms with Gasteiger partial charge in [0.15, 0.2) is 5.75 Å². The van der Waals surface area contributed by atoms with Crippen molar-refractivity contribution >= 4 is 46.0 Å². The zero-order valence-corrected chi connectivity index (χ0v) is 24.0. The summed E-state index contributed by atoms with van der Waals surface area (Å²) in [7, 11) is 0. The summed E-state index contributed by atoms with van der Waals surface area (Å²) in [5.41, 5.74) is 2.42. The van der Waals surface area contributed by atoms with Gasteiger partial charge in [-0.1, -0.05) is 75.3 Å². The number of hydrogen-bond acceptors (Lipinski definition) is 7. The van der Waals surface area contributed by atoms with Gasteiger partial charge in [-0.2, -0.15) is 5.10 Å². The molecule has 0 bridgehead atoms. The first-order valence-corrected chi connectivity index (χ1v) is 14.4. The van der Waals surface area contributed by atoms with Crippen LogP contribution in [0.3, 0.4) is 0 Å². The number of rotatable bonds is 12. The van der Waals surface area contributed by atoms with Crippen LogP contribution in [-0.2, 0) is 4.79 Å². The van der Waals surface area contributed by atoms with Gasteiger partial charge >= 0.3 is 5.69 Å². The van der Waals surface area contributed by atoms with Crippen LogP contribution in [0.5, 0.6) is 5.75 Å². The molecule has 1 unspecified atom stereocenters. The molecular weight excluding hydrogens is 532 g/mol. The van der Waals surface area contributed by atoms with Crippen molar-refractivity contribution in [3.63, 3.8) is 0 Å². The number of thioether (sulfide) groups is 1. The Hall–Kier alpha value is -3.50. The number of benzene rings is 2. The first-order chi connectivity index (χ1) is 18.9. The number of amides is 1. The fourth-order valence-corrected chi connectivity index (χ4v) is 5.76. The highest BCUT2D eigenvalue weighted by Crippen LogP contribution is 2.38. The zero-order valence-electron chi connectivity index (χ0n) is 22.3. The van der Waals surface area contributed by atoms with Crippen molar-refractivity contribution in [3.8, 4) is 22.7 Å². The first-order valence-electron chi connectivity index (χ1n) is 13.2. The van der Waals surface area contributed by atoms with Gasteiger partial charge in [-0.25, -0.2) is 4.68 Å². The van der Waals surface area contributed by atoms with Gasteiger partial charge in [-0.05, 0) is 49.6 Å². The number of carbonyl (C=O) groups is 1. The largest absolute Gasteiger partial charge is 0.487 e. The lowest BCUT2D eigenvalue weighted by Gasteiger charge is -2.21. The molecule has 8 nitrogen and oxygen atoms in total. The molecule has 1 aromatic heterocycles. The smallest absolute Gasteiger partial charge is 0.311 e. The number of unbranched alkanes of at least 4 members (excludes halogenated alkanes) is 1. The van der Waals surface area contributed by atoms with Crippen molar-refractivity contribution in [3.05, 3.63) is 75.3 Å². The molecule has 1 fully saturated rings. The van der Waals surface area contributed by atoms with E-state index < -0.39 is 4.92 Å². The van der Waals surface area contributed by atoms with Gasteiger partial charge in [0.25, 0.3) is 5.91 Å². The molecule has 0 spiro atoms. The molecule has 4 rings (SSSR count). The number of para-hydroxylation sites is 1. The minimum atomic E-state index is -0.462. The SMILES string of the molecule is CCCCC(CC)CN1C(=O)/C(=C\c2cn(-c3ccccc3)nc2-c2ccc(OCC)c([N+](=O)[O-])c2)SC1=S. The third-order valence-corrected chi connectivity index (χ3v) is 8.01. The molecule has 1 amide bonds. The number of nitrogens with zero attached hydrogens (tertiary/aromatic N) is 4. The molecule has 0 aliphatic carbocycles. The molecule has 39 heavy (non-hydrogen) atoms. The standard InChI is InChI=1S/C29H32N4O4S2/c1-4-7-11-20(5-2)18-31-28(34)26(39-29(31)38)17-22-19-32(23-12-9-8-10-13-23)30-27(22)21-14-15-25(37-6-3)24(16-21)33(35)36/h8-10,12-17,19-20H,4-7,11,18H2,1-3H3/b26-17+. The summed E-state index contributed by atoms with van der Waals surface area (Å²) in [4.78, 5) is 27.0. The lowest BCUT2D eigenvalue weighted by molar-refractivity contribution is -0.385. The molecule has 2 aromatic carbocycles. The molecule has 1 saturated heterocycles. The third kappa shape index (κ3) is 6.57. The van der Waals surface area contributed by atoms with E-state index in [0.717, 1.165) is 31.4 Å². The molecule has 1 aliphatic rings. The van der Waals surface area contributed by atoms with Crippen LogP contribution in [0.1, 0.15) is 52.0 Å². The Morgan fingerprint density at radius 2 is 1.95 bits per heavy atom. The Balaban J connectivity index is 1.74. The van der Waals surface area contributed by atoms with E-state index in [1.54, 1.807) is 34.7 Å². The highest BCUT2D eigenvalue weighted by atomic mass is 32.2. The van der Waals surface area contributed by atoms with E-state index in [9.17, 15) is 14.9 Å². The van der Waals surface area contributed by atoms with Gasteiger partial charge in [-0.3, -0.25) is 19.8 Å². The zero-order chi connectivity index (χ0) is 27.9. The molecule has 0 N–H and O–H groups in total. The van der Waals surface area contributed by atoms with Crippen molar-refractivity contribution < 1.29 is 14.5 Å². The predicted molar refractivity (Wildman–Crippen MR) is 160 cm³/mol. The van der Waals surface area contributed by atoms with Crippen LogP contribution in [0.4, 0.5) is 5.69 Å². The number of nitro groups is 1. The van der Waals surface area contributed by atoms with Crippen molar-refractivity contribution in [2.45, 2.75) is 46.5 Å². The summed E-state index contributed by atoms with van der Waals surface area (Å²) in [6, 6.07) is 14.4. The van der Waals surface area contributed by atoms with E-state index in [-0.39, 0.29) is 17.3 Å². The Labute approximate surface area is 238 Å². The van der Waals surface area contributed by atoms with E-state index in [0.29, 0.717) is 45.1 Å². The summed E-state index contributed by atoms with van der Waals surface area (Å²) in [6.07, 6.45) is 7.91. The van der Waals surface area contributed by atoms with Gasteiger partial charge in [0.1, 0.15) is 10.0 Å². The Morgan fingerprint density at radius 3 is 2.62 bits per heavy atom. The monoisotopic (exact) mass is 564 g/mol. The molecule has 1 aliphatic heterocycles. The van der Waals surface area contributed by atoms with Crippen LogP contribution in [-0.4, -0.2) is 43.0 Å². The van der Waals surface area contributed by atoms with Crippen LogP contribution in [0.25, 0.3) is 23.0 Å². The molecule has 0 saturated carbocycles. The average molecular weight is 565 g/mol. The second-order valence-electron chi connectivity index (χ2n) is 9.29. The average Bonchev–Trinajstić information content (AvgIpc) is 3.47. The summed E-state index contributed by atoms with van der Waals surface area (Å²) in [5.74, 6) is 0.480. The van der Waals surface area contributed by atoms with Crippen LogP contribution in [0.2, 0.25) is 0 Å². The van der Waals surface area contributed by atoms with E-state index in [2.05, 4.69) is 13.8 Å². The minimum absolute atomic E-state index is 0.115. The Bertz CT molecular complexity index is 1390. The topological polar surface area (TPSA) is 90.5 Å². The Morgan fingerprint density at radius 1 is 1.18 bits per heavy atom. The summed E-state index contributed by atoms with van der Waals surface area (Å²) in [5, 5.41) is 16.6. The number of nitro benzene ring substituents is 1. The van der Waals surface area contributed by atoms with Crippen molar-refractivity contribution in [1.82, 2.24) is 14.7 Å². The molecule has 3 aromatic rings. The molecule has 2 heterocycles. The van der Waals surface area contributed by atoms with Crippen LogP contribution >= 0.6 is 24.0 Å². The summed E-state index contributed by atoms with van der Waals surface area (Å²) >= 11 is 6.88. The van der Waals surface area contributed by atoms with E-state index in [1.165, 1.54) is 17.8 Å². The Kier molecular flexibility index (Phi) is 9.53. The van der Waals surface area contributed by atoms with Gasteiger partial charge in [0.05, 0.1) is 22.1 Å². The number of hydrogen-bond donors (Lipinski definition) is 0. The summed E-state index contributed by atoms with van der Waals surface area (Å²) < 4.78 is 7.72. The number of carbonyl (C=O) groups excluding carboxylic acids is 1. The minimum Gasteiger partial charge on any atom is -0.487 e. The normalized spacial score (nSPS) is 15.3.